The van der Waals surface area contributed by atoms with Crippen molar-refractivity contribution in [2.45, 2.75) is 26.3 Å². The molecule has 0 bridgehead atoms. The first-order chi connectivity index (χ1) is 13.5. The molecule has 0 spiro atoms. The summed E-state index contributed by atoms with van der Waals surface area (Å²) in [6, 6.07) is 14.1. The number of amides is 1. The van der Waals surface area contributed by atoms with Gasteiger partial charge in [0.15, 0.2) is 0 Å². The molecule has 1 atom stereocenters. The number of nitro benzene ring substituents is 1. The fourth-order valence-corrected chi connectivity index (χ4v) is 3.26. The molecular formula is C21H27N3O4. The molecule has 2 rings (SSSR count). The Morgan fingerprint density at radius 2 is 1.89 bits per heavy atom. The van der Waals surface area contributed by atoms with E-state index < -0.39 is 4.92 Å². The van der Waals surface area contributed by atoms with Crippen LogP contribution in [-0.2, 0) is 11.2 Å². The molecule has 1 unspecified atom stereocenters. The lowest BCUT2D eigenvalue weighted by Gasteiger charge is -2.30. The Balaban J connectivity index is 2.12. The number of ether oxygens (including phenoxy) is 1. The third kappa shape index (κ3) is 5.53. The molecule has 7 heteroatoms. The summed E-state index contributed by atoms with van der Waals surface area (Å²) in [4.78, 5) is 25.4. The van der Waals surface area contributed by atoms with Gasteiger partial charge >= 0.3 is 0 Å². The Labute approximate surface area is 165 Å². The van der Waals surface area contributed by atoms with Gasteiger partial charge in [0.25, 0.3) is 5.69 Å². The lowest BCUT2D eigenvalue weighted by molar-refractivity contribution is -0.385. The van der Waals surface area contributed by atoms with E-state index in [0.29, 0.717) is 12.1 Å². The third-order valence-corrected chi connectivity index (χ3v) is 4.76. The summed E-state index contributed by atoms with van der Waals surface area (Å²) in [5.74, 6) is 0.523. The van der Waals surface area contributed by atoms with Crippen LogP contribution in [0.15, 0.2) is 48.5 Å². The van der Waals surface area contributed by atoms with Gasteiger partial charge in [-0.05, 0) is 30.8 Å². The summed E-state index contributed by atoms with van der Waals surface area (Å²) in [5, 5.41) is 14.1. The van der Waals surface area contributed by atoms with E-state index >= 15 is 0 Å². The Morgan fingerprint density at radius 3 is 2.54 bits per heavy atom. The van der Waals surface area contributed by atoms with Crippen LogP contribution in [0.25, 0.3) is 0 Å². The maximum absolute atomic E-state index is 12.5. The Bertz CT molecular complexity index is 806. The van der Waals surface area contributed by atoms with Crippen LogP contribution in [0.3, 0.4) is 0 Å². The number of hydrogen-bond acceptors (Lipinski definition) is 5. The van der Waals surface area contributed by atoms with E-state index in [0.717, 1.165) is 24.4 Å². The predicted octanol–water partition coefficient (Wildman–Crippen LogP) is 3.35. The summed E-state index contributed by atoms with van der Waals surface area (Å²) in [6.45, 7) is 6.22. The average Bonchev–Trinajstić information content (AvgIpc) is 2.71. The van der Waals surface area contributed by atoms with Gasteiger partial charge in [0.1, 0.15) is 5.75 Å². The van der Waals surface area contributed by atoms with Gasteiger partial charge in [0.05, 0.1) is 24.5 Å². The highest BCUT2D eigenvalue weighted by Gasteiger charge is 2.21. The fourth-order valence-electron chi connectivity index (χ4n) is 3.26. The molecule has 1 N–H and O–H groups in total. The number of carbonyl (C=O) groups is 1. The number of nitrogens with one attached hydrogen (secondary N) is 1. The number of hydrogen-bond donors (Lipinski definition) is 1. The molecule has 0 heterocycles. The van der Waals surface area contributed by atoms with Gasteiger partial charge in [0, 0.05) is 18.2 Å². The van der Waals surface area contributed by atoms with Crippen LogP contribution in [0.4, 0.5) is 5.69 Å². The second kappa shape index (κ2) is 10.4. The van der Waals surface area contributed by atoms with Crippen molar-refractivity contribution in [3.8, 4) is 5.75 Å². The smallest absolute Gasteiger partial charge is 0.273 e. The molecule has 0 aromatic heterocycles. The van der Waals surface area contributed by atoms with Crippen molar-refractivity contribution in [2.24, 2.45) is 0 Å². The van der Waals surface area contributed by atoms with Gasteiger partial charge in [-0.25, -0.2) is 0 Å². The number of carbonyl (C=O) groups excluding carboxylic acids is 1. The molecule has 0 radical (unpaired) electrons. The van der Waals surface area contributed by atoms with Gasteiger partial charge in [-0.3, -0.25) is 19.8 Å². The number of nitrogens with zero attached hydrogens (tertiary/aromatic N) is 2. The lowest BCUT2D eigenvalue weighted by atomic mass is 10.0. The quantitative estimate of drug-likeness (QED) is 0.501. The van der Waals surface area contributed by atoms with E-state index in [-0.39, 0.29) is 24.1 Å². The van der Waals surface area contributed by atoms with Crippen molar-refractivity contribution in [1.82, 2.24) is 10.2 Å². The number of likely N-dealkylation sites (N-methyl/N-ethyl adjacent to an activating group) is 1. The molecule has 1 amide bonds. The van der Waals surface area contributed by atoms with Crippen LogP contribution in [0.1, 0.15) is 31.0 Å². The molecule has 7 nitrogen and oxygen atoms in total. The molecule has 0 aliphatic rings. The summed E-state index contributed by atoms with van der Waals surface area (Å²) in [7, 11) is 1.63. The zero-order valence-corrected chi connectivity index (χ0v) is 16.6. The standard InChI is InChI=1S/C21H27N3O4/c1-4-23(5-2)20(16-10-8-11-18(13-16)28-3)15-22-21(25)14-17-9-6-7-12-19(17)24(26)27/h6-13,20H,4-5,14-15H2,1-3H3,(H,22,25). The molecule has 2 aromatic carbocycles. The zero-order chi connectivity index (χ0) is 20.5. The van der Waals surface area contributed by atoms with Gasteiger partial charge in [-0.15, -0.1) is 0 Å². The van der Waals surface area contributed by atoms with E-state index in [1.807, 2.05) is 24.3 Å². The maximum atomic E-state index is 12.5. The summed E-state index contributed by atoms with van der Waals surface area (Å²) in [5.41, 5.74) is 1.42. The first-order valence-corrected chi connectivity index (χ1v) is 9.37. The van der Waals surface area contributed by atoms with Gasteiger partial charge in [0.2, 0.25) is 5.91 Å². The monoisotopic (exact) mass is 385 g/mol. The topological polar surface area (TPSA) is 84.7 Å². The second-order valence-corrected chi connectivity index (χ2v) is 6.38. The fraction of sp³-hybridized carbons (Fsp3) is 0.381. The second-order valence-electron chi connectivity index (χ2n) is 6.38. The summed E-state index contributed by atoms with van der Waals surface area (Å²) >= 11 is 0. The van der Waals surface area contributed by atoms with Crippen LogP contribution in [0.2, 0.25) is 0 Å². The third-order valence-electron chi connectivity index (χ3n) is 4.76. The van der Waals surface area contributed by atoms with E-state index in [9.17, 15) is 14.9 Å². The average molecular weight is 385 g/mol. The van der Waals surface area contributed by atoms with Crippen molar-refractivity contribution in [2.75, 3.05) is 26.7 Å². The highest BCUT2D eigenvalue weighted by Crippen LogP contribution is 2.24. The van der Waals surface area contributed by atoms with E-state index in [2.05, 4.69) is 24.1 Å². The molecule has 0 saturated heterocycles. The molecule has 0 aliphatic heterocycles. The highest BCUT2D eigenvalue weighted by atomic mass is 16.6. The van der Waals surface area contributed by atoms with E-state index in [4.69, 9.17) is 4.74 Å². The predicted molar refractivity (Wildman–Crippen MR) is 108 cm³/mol. The molecule has 0 saturated carbocycles. The Morgan fingerprint density at radius 1 is 1.18 bits per heavy atom. The van der Waals surface area contributed by atoms with E-state index in [1.165, 1.54) is 6.07 Å². The SMILES string of the molecule is CCN(CC)C(CNC(=O)Cc1ccccc1[N+](=O)[O-])c1cccc(OC)c1. The summed E-state index contributed by atoms with van der Waals surface area (Å²) in [6.07, 6.45) is -0.0275. The Hall–Kier alpha value is -2.93. The normalized spacial score (nSPS) is 11.9. The Kier molecular flexibility index (Phi) is 7.95. The number of rotatable bonds is 10. The minimum absolute atomic E-state index is 0.0141. The molecular weight excluding hydrogens is 358 g/mol. The maximum Gasteiger partial charge on any atom is 0.273 e. The van der Waals surface area contributed by atoms with Crippen molar-refractivity contribution < 1.29 is 14.5 Å². The number of para-hydroxylation sites is 1. The number of methoxy groups -OCH3 is 1. The molecule has 0 aliphatic carbocycles. The highest BCUT2D eigenvalue weighted by molar-refractivity contribution is 5.79. The van der Waals surface area contributed by atoms with Crippen molar-refractivity contribution in [3.05, 3.63) is 69.8 Å². The summed E-state index contributed by atoms with van der Waals surface area (Å²) < 4.78 is 5.32. The van der Waals surface area contributed by atoms with Gasteiger partial charge in [-0.1, -0.05) is 44.2 Å². The first kappa shape index (κ1) is 21.4. The minimum atomic E-state index is -0.461. The van der Waals surface area contributed by atoms with Crippen LogP contribution in [0, 0.1) is 10.1 Å². The minimum Gasteiger partial charge on any atom is -0.497 e. The van der Waals surface area contributed by atoms with Crippen molar-refractivity contribution in [1.29, 1.82) is 0 Å². The van der Waals surface area contributed by atoms with Crippen LogP contribution in [-0.4, -0.2) is 42.5 Å². The largest absolute Gasteiger partial charge is 0.497 e. The zero-order valence-electron chi connectivity index (χ0n) is 16.6. The molecule has 2 aromatic rings. The lowest BCUT2D eigenvalue weighted by Crippen LogP contribution is -2.38. The van der Waals surface area contributed by atoms with Crippen LogP contribution < -0.4 is 10.1 Å². The number of nitro groups is 1. The van der Waals surface area contributed by atoms with Crippen LogP contribution in [0.5, 0.6) is 5.75 Å². The van der Waals surface area contributed by atoms with Gasteiger partial charge in [-0.2, -0.15) is 0 Å². The number of benzene rings is 2. The van der Waals surface area contributed by atoms with Crippen molar-refractivity contribution >= 4 is 11.6 Å². The molecule has 0 fully saturated rings. The molecule has 28 heavy (non-hydrogen) atoms. The van der Waals surface area contributed by atoms with Crippen LogP contribution >= 0.6 is 0 Å². The van der Waals surface area contributed by atoms with Gasteiger partial charge < -0.3 is 10.1 Å². The van der Waals surface area contributed by atoms with Crippen molar-refractivity contribution in [3.63, 3.8) is 0 Å². The first-order valence-electron chi connectivity index (χ1n) is 9.37. The molecule has 150 valence electrons. The van der Waals surface area contributed by atoms with E-state index in [1.54, 1.807) is 25.3 Å².